The quantitative estimate of drug-likeness (QED) is 0.661. The molecule has 0 amide bonds. The summed E-state index contributed by atoms with van der Waals surface area (Å²) in [5.41, 5.74) is 8.07. The highest BCUT2D eigenvalue weighted by atomic mass is 35.5. The lowest BCUT2D eigenvalue weighted by molar-refractivity contribution is 0.0596. The Kier molecular flexibility index (Phi) is 6.66. The summed E-state index contributed by atoms with van der Waals surface area (Å²) in [7, 11) is 1.34. The normalized spacial score (nSPS) is 11.7. The molecule has 0 aliphatic heterocycles. The molecule has 2 N–H and O–H groups in total. The topological polar surface area (TPSA) is 74.7 Å². The lowest BCUT2D eigenvalue weighted by atomic mass is 10.1. The summed E-state index contributed by atoms with van der Waals surface area (Å²) >= 11 is 0. The molecule has 26 heavy (non-hydrogen) atoms. The summed E-state index contributed by atoms with van der Waals surface area (Å²) in [4.78, 5) is 12.2. The third kappa shape index (κ3) is 4.36. The van der Waals surface area contributed by atoms with Crippen molar-refractivity contribution < 1.29 is 18.7 Å². The Morgan fingerprint density at radius 3 is 2.62 bits per heavy atom. The van der Waals surface area contributed by atoms with Gasteiger partial charge in [0.25, 0.3) is 0 Å². The molecule has 3 rings (SSSR count). The molecule has 1 heterocycles. The van der Waals surface area contributed by atoms with E-state index in [9.17, 15) is 4.79 Å². The smallest absolute Gasteiger partial charge is 0.345 e. The first kappa shape index (κ1) is 19.8. The van der Waals surface area contributed by atoms with Gasteiger partial charge in [-0.3, -0.25) is 0 Å². The lowest BCUT2D eigenvalue weighted by Crippen LogP contribution is -2.30. The molecular weight excluding hydrogens is 354 g/mol. The molecule has 0 saturated heterocycles. The molecule has 6 heteroatoms. The number of hydrogen-bond donors (Lipinski definition) is 1. The van der Waals surface area contributed by atoms with Crippen LogP contribution in [0.2, 0.25) is 0 Å². The van der Waals surface area contributed by atoms with Crippen molar-refractivity contribution in [3.8, 4) is 5.75 Å². The third-order valence-electron chi connectivity index (χ3n) is 3.95. The van der Waals surface area contributed by atoms with Gasteiger partial charge in [0.05, 0.1) is 7.11 Å². The SMILES string of the molecule is COC(=O)c1c(OC[C@H](N)Cc2ccccc2)ccc2cc(C)oc12.Cl. The van der Waals surface area contributed by atoms with Gasteiger partial charge in [-0.05, 0) is 37.1 Å². The Labute approximate surface area is 158 Å². The Balaban J connectivity index is 0.00000243. The Bertz CT molecular complexity index is 876. The van der Waals surface area contributed by atoms with Crippen molar-refractivity contribution in [1.29, 1.82) is 0 Å². The van der Waals surface area contributed by atoms with Gasteiger partial charge in [-0.25, -0.2) is 4.79 Å². The minimum absolute atomic E-state index is 0. The largest absolute Gasteiger partial charge is 0.491 e. The van der Waals surface area contributed by atoms with Crippen LogP contribution in [0.1, 0.15) is 21.7 Å². The molecule has 0 fully saturated rings. The van der Waals surface area contributed by atoms with Gasteiger partial charge in [0.1, 0.15) is 23.7 Å². The van der Waals surface area contributed by atoms with Crippen molar-refractivity contribution in [1.82, 2.24) is 0 Å². The van der Waals surface area contributed by atoms with Crippen LogP contribution in [0.5, 0.6) is 5.75 Å². The number of furan rings is 1. The number of esters is 1. The summed E-state index contributed by atoms with van der Waals surface area (Å²) in [6.07, 6.45) is 0.691. The fourth-order valence-electron chi connectivity index (χ4n) is 2.80. The number of benzene rings is 2. The summed E-state index contributed by atoms with van der Waals surface area (Å²) < 4.78 is 16.4. The van der Waals surface area contributed by atoms with Gasteiger partial charge in [0.2, 0.25) is 0 Å². The lowest BCUT2D eigenvalue weighted by Gasteiger charge is -2.15. The van der Waals surface area contributed by atoms with Gasteiger partial charge in [-0.2, -0.15) is 0 Å². The minimum Gasteiger partial charge on any atom is -0.491 e. The van der Waals surface area contributed by atoms with Crippen molar-refractivity contribution in [2.75, 3.05) is 13.7 Å². The summed E-state index contributed by atoms with van der Waals surface area (Å²) in [6, 6.07) is 15.3. The van der Waals surface area contributed by atoms with E-state index < -0.39 is 5.97 Å². The number of halogens is 1. The second-order valence-corrected chi connectivity index (χ2v) is 5.97. The number of methoxy groups -OCH3 is 1. The zero-order valence-corrected chi connectivity index (χ0v) is 15.5. The molecule has 0 unspecified atom stereocenters. The van der Waals surface area contributed by atoms with Crippen LogP contribution in [-0.4, -0.2) is 25.7 Å². The Morgan fingerprint density at radius 1 is 1.19 bits per heavy atom. The number of nitrogens with two attached hydrogens (primary N) is 1. The van der Waals surface area contributed by atoms with E-state index in [2.05, 4.69) is 0 Å². The third-order valence-corrected chi connectivity index (χ3v) is 3.95. The molecule has 0 saturated carbocycles. The maximum absolute atomic E-state index is 12.2. The highest BCUT2D eigenvalue weighted by Gasteiger charge is 2.21. The molecule has 1 aromatic heterocycles. The molecule has 0 spiro atoms. The van der Waals surface area contributed by atoms with E-state index in [4.69, 9.17) is 19.6 Å². The van der Waals surface area contributed by atoms with Gasteiger partial charge in [0, 0.05) is 11.4 Å². The van der Waals surface area contributed by atoms with E-state index in [1.165, 1.54) is 7.11 Å². The molecule has 0 bridgehead atoms. The fraction of sp³-hybridized carbons (Fsp3) is 0.250. The van der Waals surface area contributed by atoms with Crippen LogP contribution < -0.4 is 10.5 Å². The van der Waals surface area contributed by atoms with Crippen molar-refractivity contribution in [2.24, 2.45) is 5.73 Å². The van der Waals surface area contributed by atoms with Crippen molar-refractivity contribution in [3.05, 3.63) is 65.4 Å². The molecule has 5 nitrogen and oxygen atoms in total. The van der Waals surface area contributed by atoms with E-state index in [1.54, 1.807) is 6.07 Å². The van der Waals surface area contributed by atoms with Gasteiger partial charge in [-0.15, -0.1) is 12.4 Å². The number of aryl methyl sites for hydroxylation is 1. The number of fused-ring (bicyclic) bond motifs is 1. The van der Waals surface area contributed by atoms with E-state index >= 15 is 0 Å². The van der Waals surface area contributed by atoms with Crippen LogP contribution in [-0.2, 0) is 11.2 Å². The highest BCUT2D eigenvalue weighted by Crippen LogP contribution is 2.31. The Morgan fingerprint density at radius 2 is 1.92 bits per heavy atom. The second-order valence-electron chi connectivity index (χ2n) is 5.97. The number of ether oxygens (including phenoxy) is 2. The van der Waals surface area contributed by atoms with Gasteiger partial charge >= 0.3 is 5.97 Å². The molecule has 3 aromatic rings. The van der Waals surface area contributed by atoms with E-state index in [0.29, 0.717) is 23.3 Å². The van der Waals surface area contributed by atoms with Crippen LogP contribution in [0.15, 0.2) is 52.9 Å². The first-order chi connectivity index (χ1) is 12.1. The monoisotopic (exact) mass is 375 g/mol. The Hall–Kier alpha value is -2.50. The number of hydrogen-bond acceptors (Lipinski definition) is 5. The highest BCUT2D eigenvalue weighted by molar-refractivity contribution is 6.04. The van der Waals surface area contributed by atoms with Crippen LogP contribution >= 0.6 is 12.4 Å². The average Bonchev–Trinajstić information content (AvgIpc) is 2.99. The maximum atomic E-state index is 12.2. The summed E-state index contributed by atoms with van der Waals surface area (Å²) in [5.74, 6) is 0.641. The van der Waals surface area contributed by atoms with Crippen LogP contribution in [0.25, 0.3) is 11.0 Å². The zero-order valence-electron chi connectivity index (χ0n) is 14.7. The summed E-state index contributed by atoms with van der Waals surface area (Å²) in [5, 5.41) is 0.832. The first-order valence-corrected chi connectivity index (χ1v) is 8.12. The van der Waals surface area contributed by atoms with Gasteiger partial charge in [-0.1, -0.05) is 30.3 Å². The van der Waals surface area contributed by atoms with Gasteiger partial charge < -0.3 is 19.6 Å². The predicted molar refractivity (Wildman–Crippen MR) is 103 cm³/mol. The molecule has 1 atom stereocenters. The van der Waals surface area contributed by atoms with Crippen LogP contribution in [0.3, 0.4) is 0 Å². The molecular formula is C20H22ClNO4. The average molecular weight is 376 g/mol. The summed E-state index contributed by atoms with van der Waals surface area (Å²) in [6.45, 7) is 2.11. The molecule has 0 aliphatic carbocycles. The zero-order chi connectivity index (χ0) is 17.8. The van der Waals surface area contributed by atoms with E-state index in [-0.39, 0.29) is 25.1 Å². The molecule has 0 radical (unpaired) electrons. The van der Waals surface area contributed by atoms with Crippen molar-refractivity contribution in [2.45, 2.75) is 19.4 Å². The van der Waals surface area contributed by atoms with E-state index in [0.717, 1.165) is 16.7 Å². The first-order valence-electron chi connectivity index (χ1n) is 8.12. The maximum Gasteiger partial charge on any atom is 0.345 e. The molecule has 0 aliphatic rings. The van der Waals surface area contributed by atoms with E-state index in [1.807, 2.05) is 49.4 Å². The second kappa shape index (κ2) is 8.74. The van der Waals surface area contributed by atoms with Crippen molar-refractivity contribution >= 4 is 29.3 Å². The van der Waals surface area contributed by atoms with Crippen LogP contribution in [0, 0.1) is 6.92 Å². The predicted octanol–water partition coefficient (Wildman–Crippen LogP) is 3.90. The minimum atomic E-state index is -0.494. The van der Waals surface area contributed by atoms with Crippen molar-refractivity contribution in [3.63, 3.8) is 0 Å². The van der Waals surface area contributed by atoms with Crippen LogP contribution in [0.4, 0.5) is 0 Å². The molecule has 138 valence electrons. The standard InChI is InChI=1S/C20H21NO4.ClH/c1-13-10-15-8-9-17(18(19(15)25-13)20(22)23-2)24-12-16(21)11-14-6-4-3-5-7-14;/h3-10,16H,11-12,21H2,1-2H3;1H/t16-;/m1./s1. The number of carbonyl (C=O) groups is 1. The number of rotatable bonds is 6. The molecule has 2 aromatic carbocycles. The van der Waals surface area contributed by atoms with Gasteiger partial charge in [0.15, 0.2) is 5.58 Å². The fourth-order valence-corrected chi connectivity index (χ4v) is 2.80. The number of carbonyl (C=O) groups excluding carboxylic acids is 1.